The highest BCUT2D eigenvalue weighted by atomic mass is 35.5. The van der Waals surface area contributed by atoms with Gasteiger partial charge < -0.3 is 11.1 Å². The molecule has 4 heteroatoms. The van der Waals surface area contributed by atoms with Crippen LogP contribution < -0.4 is 11.1 Å². The Morgan fingerprint density at radius 3 is 2.71 bits per heavy atom. The summed E-state index contributed by atoms with van der Waals surface area (Å²) in [6, 6.07) is 9.78. The smallest absolute Gasteiger partial charge is 0.0591 e. The van der Waals surface area contributed by atoms with Crippen molar-refractivity contribution in [2.75, 3.05) is 11.1 Å². The number of hydrogen-bond acceptors (Lipinski definition) is 3. The lowest BCUT2D eigenvalue weighted by Gasteiger charge is -2.08. The second-order valence-corrected chi connectivity index (χ2v) is 5.50. The predicted octanol–water partition coefficient (Wildman–Crippen LogP) is 4.16. The molecule has 0 atom stereocenters. The summed E-state index contributed by atoms with van der Waals surface area (Å²) in [5, 5.41) is 4.00. The Bertz CT molecular complexity index is 508. The minimum atomic E-state index is 0.696. The van der Waals surface area contributed by atoms with Gasteiger partial charge in [-0.1, -0.05) is 18.5 Å². The Morgan fingerprint density at radius 2 is 2.00 bits per heavy atom. The second-order valence-electron chi connectivity index (χ2n) is 3.81. The molecule has 1 heterocycles. The molecule has 1 aromatic carbocycles. The van der Waals surface area contributed by atoms with Gasteiger partial charge in [-0.05, 0) is 36.8 Å². The van der Waals surface area contributed by atoms with E-state index >= 15 is 0 Å². The number of aryl methyl sites for hydroxylation is 1. The summed E-state index contributed by atoms with van der Waals surface area (Å²) in [5.74, 6) is 0. The maximum absolute atomic E-state index is 5.93. The van der Waals surface area contributed by atoms with Crippen LogP contribution in [-0.4, -0.2) is 0 Å². The molecule has 0 aliphatic heterocycles. The third-order valence-electron chi connectivity index (χ3n) is 2.53. The molecule has 90 valence electrons. The molecule has 0 amide bonds. The highest BCUT2D eigenvalue weighted by Crippen LogP contribution is 2.24. The van der Waals surface area contributed by atoms with E-state index in [2.05, 4.69) is 24.4 Å². The van der Waals surface area contributed by atoms with Crippen LogP contribution >= 0.6 is 22.9 Å². The second kappa shape index (κ2) is 5.43. The molecular formula is C13H15ClN2S. The number of nitrogens with two attached hydrogens (primary N) is 1. The summed E-state index contributed by atoms with van der Waals surface area (Å²) in [7, 11) is 0. The first kappa shape index (κ1) is 12.3. The topological polar surface area (TPSA) is 38.0 Å². The van der Waals surface area contributed by atoms with Gasteiger partial charge in [-0.3, -0.25) is 0 Å². The van der Waals surface area contributed by atoms with E-state index in [0.717, 1.165) is 24.3 Å². The molecule has 0 spiro atoms. The minimum absolute atomic E-state index is 0.696. The van der Waals surface area contributed by atoms with Crippen LogP contribution in [0.4, 0.5) is 11.4 Å². The Labute approximate surface area is 110 Å². The lowest BCUT2D eigenvalue weighted by Crippen LogP contribution is -2.00. The zero-order valence-electron chi connectivity index (χ0n) is 9.66. The van der Waals surface area contributed by atoms with Crippen LogP contribution in [0.3, 0.4) is 0 Å². The van der Waals surface area contributed by atoms with E-state index in [1.165, 1.54) is 9.75 Å². The minimum Gasteiger partial charge on any atom is -0.397 e. The number of rotatable bonds is 4. The quantitative estimate of drug-likeness (QED) is 0.816. The SMILES string of the molecule is CCc1ccc(CNc2cc(Cl)ccc2N)s1. The highest BCUT2D eigenvalue weighted by molar-refractivity contribution is 7.12. The molecule has 0 bridgehead atoms. The maximum Gasteiger partial charge on any atom is 0.0591 e. The molecule has 0 unspecified atom stereocenters. The van der Waals surface area contributed by atoms with Gasteiger partial charge in [-0.15, -0.1) is 11.3 Å². The molecule has 0 aliphatic rings. The zero-order valence-corrected chi connectivity index (χ0v) is 11.2. The summed E-state index contributed by atoms with van der Waals surface area (Å²) in [6.45, 7) is 2.95. The van der Waals surface area contributed by atoms with Gasteiger partial charge in [0.25, 0.3) is 0 Å². The molecule has 2 rings (SSSR count). The molecule has 0 saturated carbocycles. The van der Waals surface area contributed by atoms with Gasteiger partial charge in [0.1, 0.15) is 0 Å². The fraction of sp³-hybridized carbons (Fsp3) is 0.231. The van der Waals surface area contributed by atoms with Crippen LogP contribution in [0.1, 0.15) is 16.7 Å². The molecule has 0 fully saturated rings. The summed E-state index contributed by atoms with van der Waals surface area (Å²) >= 11 is 7.76. The molecule has 1 aromatic heterocycles. The normalized spacial score (nSPS) is 10.5. The average Bonchev–Trinajstić information content (AvgIpc) is 2.78. The molecule has 17 heavy (non-hydrogen) atoms. The van der Waals surface area contributed by atoms with Crippen molar-refractivity contribution in [2.45, 2.75) is 19.9 Å². The first-order chi connectivity index (χ1) is 8.19. The molecule has 3 N–H and O–H groups in total. The first-order valence-electron chi connectivity index (χ1n) is 5.55. The fourth-order valence-electron chi connectivity index (χ4n) is 1.57. The van der Waals surface area contributed by atoms with Gasteiger partial charge in [-0.2, -0.15) is 0 Å². The van der Waals surface area contributed by atoms with Crippen LogP contribution in [0.5, 0.6) is 0 Å². The number of anilines is 2. The van der Waals surface area contributed by atoms with Crippen LogP contribution in [0.15, 0.2) is 30.3 Å². The molecule has 0 saturated heterocycles. The molecule has 0 aliphatic carbocycles. The largest absolute Gasteiger partial charge is 0.397 e. The van der Waals surface area contributed by atoms with Crippen molar-refractivity contribution in [3.05, 3.63) is 45.1 Å². The third-order valence-corrected chi connectivity index (χ3v) is 4.00. The lowest BCUT2D eigenvalue weighted by molar-refractivity contribution is 1.19. The number of thiophene rings is 1. The van der Waals surface area contributed by atoms with E-state index in [0.29, 0.717) is 5.02 Å². The number of hydrogen-bond donors (Lipinski definition) is 2. The average molecular weight is 267 g/mol. The summed E-state index contributed by atoms with van der Waals surface area (Å²) in [4.78, 5) is 2.71. The predicted molar refractivity (Wildman–Crippen MR) is 76.9 cm³/mol. The molecule has 2 nitrogen and oxygen atoms in total. The zero-order chi connectivity index (χ0) is 12.3. The van der Waals surface area contributed by atoms with Crippen LogP contribution in [0.25, 0.3) is 0 Å². The van der Waals surface area contributed by atoms with Crippen molar-refractivity contribution in [1.29, 1.82) is 0 Å². The standard InChI is InChI=1S/C13H15ClN2S/c1-2-10-4-5-11(17-10)8-16-13-7-9(14)3-6-12(13)15/h3-7,16H,2,8,15H2,1H3. The number of benzene rings is 1. The van der Waals surface area contributed by atoms with Crippen molar-refractivity contribution >= 4 is 34.3 Å². The first-order valence-corrected chi connectivity index (χ1v) is 6.75. The Hall–Kier alpha value is -1.19. The van der Waals surface area contributed by atoms with Gasteiger partial charge in [0.2, 0.25) is 0 Å². The van der Waals surface area contributed by atoms with E-state index in [1.807, 2.05) is 23.5 Å². The van der Waals surface area contributed by atoms with Crippen molar-refractivity contribution in [3.63, 3.8) is 0 Å². The Kier molecular flexibility index (Phi) is 3.92. The van der Waals surface area contributed by atoms with Crippen LogP contribution in [0, 0.1) is 0 Å². The van der Waals surface area contributed by atoms with E-state index in [4.69, 9.17) is 17.3 Å². The third kappa shape index (κ3) is 3.14. The number of halogens is 1. The molecule has 2 aromatic rings. The van der Waals surface area contributed by atoms with Crippen molar-refractivity contribution in [2.24, 2.45) is 0 Å². The van der Waals surface area contributed by atoms with Crippen molar-refractivity contribution in [3.8, 4) is 0 Å². The van der Waals surface area contributed by atoms with E-state index in [1.54, 1.807) is 6.07 Å². The van der Waals surface area contributed by atoms with Gasteiger partial charge >= 0.3 is 0 Å². The lowest BCUT2D eigenvalue weighted by atomic mass is 10.2. The van der Waals surface area contributed by atoms with Crippen molar-refractivity contribution in [1.82, 2.24) is 0 Å². The Morgan fingerprint density at radius 1 is 1.24 bits per heavy atom. The Balaban J connectivity index is 2.04. The van der Waals surface area contributed by atoms with E-state index < -0.39 is 0 Å². The monoisotopic (exact) mass is 266 g/mol. The molecular weight excluding hydrogens is 252 g/mol. The number of nitrogens with one attached hydrogen (secondary N) is 1. The summed E-state index contributed by atoms with van der Waals surface area (Å²) in [5.41, 5.74) is 7.48. The highest BCUT2D eigenvalue weighted by Gasteiger charge is 2.02. The fourth-order valence-corrected chi connectivity index (χ4v) is 2.64. The molecule has 0 radical (unpaired) electrons. The van der Waals surface area contributed by atoms with Crippen LogP contribution in [0.2, 0.25) is 5.02 Å². The summed E-state index contributed by atoms with van der Waals surface area (Å²) in [6.07, 6.45) is 1.09. The van der Waals surface area contributed by atoms with Crippen LogP contribution in [-0.2, 0) is 13.0 Å². The van der Waals surface area contributed by atoms with Crippen molar-refractivity contribution < 1.29 is 0 Å². The van der Waals surface area contributed by atoms with Gasteiger partial charge in [-0.25, -0.2) is 0 Å². The number of nitrogen functional groups attached to an aromatic ring is 1. The maximum atomic E-state index is 5.93. The van der Waals surface area contributed by atoms with Gasteiger partial charge in [0.15, 0.2) is 0 Å². The van der Waals surface area contributed by atoms with Gasteiger partial charge in [0, 0.05) is 21.3 Å². The summed E-state index contributed by atoms with van der Waals surface area (Å²) < 4.78 is 0. The van der Waals surface area contributed by atoms with E-state index in [-0.39, 0.29) is 0 Å². The van der Waals surface area contributed by atoms with Gasteiger partial charge in [0.05, 0.1) is 11.4 Å². The van der Waals surface area contributed by atoms with E-state index in [9.17, 15) is 0 Å².